The van der Waals surface area contributed by atoms with E-state index in [1.807, 2.05) is 41.1 Å². The van der Waals surface area contributed by atoms with Gasteiger partial charge < -0.3 is 9.67 Å². The van der Waals surface area contributed by atoms with Crippen LogP contribution in [0.1, 0.15) is 17.5 Å². The standard InChI is InChI=1S/C26H23ClN2O4S/c27-20-8-11-24-25(15-20)29(21-4-2-1-3-5-21)16-19(26(24)31)14-18-6-9-23(10-7-18)34(32,33)28-13-12-22(30)17-28/h1-11,15-16,22,30H,12-14,17H2. The van der Waals surface area contributed by atoms with Crippen LogP contribution in [0, 0.1) is 0 Å². The third-order valence-electron chi connectivity index (χ3n) is 6.16. The molecule has 1 aromatic heterocycles. The van der Waals surface area contributed by atoms with Gasteiger partial charge in [0, 0.05) is 47.4 Å². The van der Waals surface area contributed by atoms with Crippen molar-refractivity contribution in [2.24, 2.45) is 0 Å². The van der Waals surface area contributed by atoms with E-state index in [0.717, 1.165) is 16.8 Å². The van der Waals surface area contributed by atoms with Crippen LogP contribution < -0.4 is 5.43 Å². The number of nitrogens with zero attached hydrogens (tertiary/aromatic N) is 2. The molecular weight excluding hydrogens is 472 g/mol. The minimum Gasteiger partial charge on any atom is -0.392 e. The Labute approximate surface area is 202 Å². The van der Waals surface area contributed by atoms with Crippen LogP contribution in [-0.4, -0.2) is 41.6 Å². The number of rotatable bonds is 5. The van der Waals surface area contributed by atoms with Gasteiger partial charge in [-0.1, -0.05) is 41.9 Å². The summed E-state index contributed by atoms with van der Waals surface area (Å²) in [7, 11) is -3.65. The molecule has 1 unspecified atom stereocenters. The monoisotopic (exact) mass is 494 g/mol. The first-order chi connectivity index (χ1) is 16.3. The zero-order chi connectivity index (χ0) is 23.9. The molecule has 8 heteroatoms. The molecule has 1 fully saturated rings. The van der Waals surface area contributed by atoms with E-state index in [0.29, 0.717) is 35.4 Å². The quantitative estimate of drug-likeness (QED) is 0.455. The van der Waals surface area contributed by atoms with Gasteiger partial charge in [0.15, 0.2) is 5.43 Å². The van der Waals surface area contributed by atoms with Gasteiger partial charge in [-0.2, -0.15) is 4.31 Å². The van der Waals surface area contributed by atoms with Crippen LogP contribution in [0.2, 0.25) is 5.02 Å². The Hall–Kier alpha value is -2.97. The molecule has 0 bridgehead atoms. The van der Waals surface area contributed by atoms with Gasteiger partial charge >= 0.3 is 0 Å². The summed E-state index contributed by atoms with van der Waals surface area (Å²) in [6.45, 7) is 0.426. The summed E-state index contributed by atoms with van der Waals surface area (Å²) in [5.41, 5.74) is 2.97. The van der Waals surface area contributed by atoms with Gasteiger partial charge in [0.05, 0.1) is 16.5 Å². The molecule has 1 N–H and O–H groups in total. The lowest BCUT2D eigenvalue weighted by molar-refractivity contribution is 0.189. The Kier molecular flexibility index (Phi) is 6.04. The van der Waals surface area contributed by atoms with E-state index in [-0.39, 0.29) is 16.9 Å². The van der Waals surface area contributed by atoms with Crippen LogP contribution in [-0.2, 0) is 16.4 Å². The first-order valence-electron chi connectivity index (χ1n) is 11.0. The zero-order valence-corrected chi connectivity index (χ0v) is 19.8. The highest BCUT2D eigenvalue weighted by Gasteiger charge is 2.31. The summed E-state index contributed by atoms with van der Waals surface area (Å²) < 4.78 is 28.9. The minimum absolute atomic E-state index is 0.0819. The molecule has 2 heterocycles. The highest BCUT2D eigenvalue weighted by molar-refractivity contribution is 7.89. The van der Waals surface area contributed by atoms with Crippen LogP contribution >= 0.6 is 11.6 Å². The topological polar surface area (TPSA) is 79.6 Å². The fourth-order valence-corrected chi connectivity index (χ4v) is 6.02. The lowest BCUT2D eigenvalue weighted by atomic mass is 10.0. The largest absolute Gasteiger partial charge is 0.392 e. The highest BCUT2D eigenvalue weighted by Crippen LogP contribution is 2.24. The Morgan fingerprint density at radius 1 is 1.00 bits per heavy atom. The van der Waals surface area contributed by atoms with Crippen molar-refractivity contribution in [1.82, 2.24) is 8.87 Å². The van der Waals surface area contributed by atoms with Crippen LogP contribution in [0.4, 0.5) is 0 Å². The first kappa shape index (κ1) is 22.8. The number of fused-ring (bicyclic) bond motifs is 1. The molecule has 4 aromatic rings. The summed E-state index contributed by atoms with van der Waals surface area (Å²) >= 11 is 6.22. The first-order valence-corrected chi connectivity index (χ1v) is 12.8. The smallest absolute Gasteiger partial charge is 0.243 e. The number of pyridine rings is 1. The highest BCUT2D eigenvalue weighted by atomic mass is 35.5. The molecule has 0 aliphatic carbocycles. The van der Waals surface area contributed by atoms with Gasteiger partial charge in [-0.05, 0) is 54.4 Å². The molecule has 1 atom stereocenters. The fraction of sp³-hybridized carbons (Fsp3) is 0.192. The number of benzene rings is 3. The van der Waals surface area contributed by atoms with Crippen LogP contribution in [0.5, 0.6) is 0 Å². The average Bonchev–Trinajstić information content (AvgIpc) is 3.29. The van der Waals surface area contributed by atoms with Gasteiger partial charge in [0.1, 0.15) is 0 Å². The van der Waals surface area contributed by atoms with Crippen molar-refractivity contribution < 1.29 is 13.5 Å². The minimum atomic E-state index is -3.65. The van der Waals surface area contributed by atoms with Crippen molar-refractivity contribution in [3.8, 4) is 5.69 Å². The number of hydrogen-bond donors (Lipinski definition) is 1. The molecule has 0 saturated carbocycles. The predicted molar refractivity (Wildman–Crippen MR) is 133 cm³/mol. The van der Waals surface area contributed by atoms with E-state index in [4.69, 9.17) is 11.6 Å². The summed E-state index contributed by atoms with van der Waals surface area (Å²) in [6, 6.07) is 21.5. The molecular formula is C26H23ClN2O4S. The number of sulfonamides is 1. The van der Waals surface area contributed by atoms with E-state index in [1.165, 1.54) is 4.31 Å². The number of aromatic nitrogens is 1. The Morgan fingerprint density at radius 2 is 1.74 bits per heavy atom. The maximum atomic E-state index is 13.3. The van der Waals surface area contributed by atoms with E-state index < -0.39 is 16.1 Å². The third kappa shape index (κ3) is 4.28. The van der Waals surface area contributed by atoms with Crippen molar-refractivity contribution in [2.45, 2.75) is 23.8 Å². The van der Waals surface area contributed by atoms with Crippen LogP contribution in [0.25, 0.3) is 16.6 Å². The van der Waals surface area contributed by atoms with Crippen molar-refractivity contribution in [3.63, 3.8) is 0 Å². The molecule has 0 radical (unpaired) electrons. The Morgan fingerprint density at radius 3 is 2.41 bits per heavy atom. The van der Waals surface area contributed by atoms with Crippen LogP contribution in [0.15, 0.2) is 88.7 Å². The number of halogens is 1. The molecule has 6 nitrogen and oxygen atoms in total. The Balaban J connectivity index is 1.51. The third-order valence-corrected chi connectivity index (χ3v) is 8.27. The predicted octanol–water partition coefficient (Wildman–Crippen LogP) is 3.99. The summed E-state index contributed by atoms with van der Waals surface area (Å²) in [6.07, 6.45) is 2.00. The molecule has 34 heavy (non-hydrogen) atoms. The number of β-amino-alcohol motifs (C(OH)–C–C–N with tert-alkyl or cyclic N) is 1. The van der Waals surface area contributed by atoms with E-state index >= 15 is 0 Å². The zero-order valence-electron chi connectivity index (χ0n) is 18.3. The van der Waals surface area contributed by atoms with Gasteiger partial charge in [-0.25, -0.2) is 8.42 Å². The second-order valence-corrected chi connectivity index (χ2v) is 10.9. The van der Waals surface area contributed by atoms with E-state index in [2.05, 4.69) is 0 Å². The lowest BCUT2D eigenvalue weighted by Crippen LogP contribution is -2.29. The number of hydrogen-bond acceptors (Lipinski definition) is 4. The number of aliphatic hydroxyl groups is 1. The van der Waals surface area contributed by atoms with Crippen molar-refractivity contribution in [3.05, 3.63) is 105 Å². The average molecular weight is 495 g/mol. The Bertz CT molecular complexity index is 1520. The molecule has 0 amide bonds. The maximum Gasteiger partial charge on any atom is 0.243 e. The summed E-state index contributed by atoms with van der Waals surface area (Å²) in [5.74, 6) is 0. The summed E-state index contributed by atoms with van der Waals surface area (Å²) in [4.78, 5) is 13.5. The summed E-state index contributed by atoms with van der Waals surface area (Å²) in [5, 5.41) is 10.8. The SMILES string of the molecule is O=c1c(Cc2ccc(S(=O)(=O)N3CCC(O)C3)cc2)cn(-c2ccccc2)c2cc(Cl)ccc12. The second kappa shape index (κ2) is 9.00. The molecule has 5 rings (SSSR count). The van der Waals surface area contributed by atoms with Crippen molar-refractivity contribution in [1.29, 1.82) is 0 Å². The molecule has 0 spiro atoms. The van der Waals surface area contributed by atoms with E-state index in [1.54, 1.807) is 42.5 Å². The number of para-hydroxylation sites is 1. The van der Waals surface area contributed by atoms with Gasteiger partial charge in [-0.3, -0.25) is 4.79 Å². The molecule has 1 aliphatic heterocycles. The molecule has 1 saturated heterocycles. The van der Waals surface area contributed by atoms with E-state index in [9.17, 15) is 18.3 Å². The lowest BCUT2D eigenvalue weighted by Gasteiger charge is -2.16. The van der Waals surface area contributed by atoms with Gasteiger partial charge in [0.2, 0.25) is 10.0 Å². The number of aliphatic hydroxyl groups excluding tert-OH is 1. The van der Waals surface area contributed by atoms with Gasteiger partial charge in [0.25, 0.3) is 0 Å². The van der Waals surface area contributed by atoms with Gasteiger partial charge in [-0.15, -0.1) is 0 Å². The molecule has 3 aromatic carbocycles. The van der Waals surface area contributed by atoms with Crippen LogP contribution in [0.3, 0.4) is 0 Å². The normalized spacial score (nSPS) is 16.8. The van der Waals surface area contributed by atoms with Crippen molar-refractivity contribution in [2.75, 3.05) is 13.1 Å². The maximum absolute atomic E-state index is 13.3. The second-order valence-electron chi connectivity index (χ2n) is 8.48. The van der Waals surface area contributed by atoms with Crippen molar-refractivity contribution >= 4 is 32.5 Å². The fourth-order valence-electron chi connectivity index (χ4n) is 4.36. The molecule has 1 aliphatic rings. The molecule has 174 valence electrons.